The van der Waals surface area contributed by atoms with Crippen LogP contribution in [0, 0.1) is 0 Å². The number of hydrogen-bond donors (Lipinski definition) is 1. The number of hydrogen-bond acceptors (Lipinski definition) is 4. The molecule has 14 heavy (non-hydrogen) atoms. The average Bonchev–Trinajstić information content (AvgIpc) is 2.12. The maximum Gasteiger partial charge on any atom is 0.350 e. The minimum atomic E-state index is -4.71. The molecule has 0 amide bonds. The Bertz CT molecular complexity index is 294. The van der Waals surface area contributed by atoms with Crippen molar-refractivity contribution in [1.29, 1.82) is 0 Å². The van der Waals surface area contributed by atoms with Crippen molar-refractivity contribution in [3.8, 4) is 0 Å². The Labute approximate surface area is 84.4 Å². The van der Waals surface area contributed by atoms with Gasteiger partial charge in [0.05, 0.1) is 7.11 Å². The van der Waals surface area contributed by atoms with Gasteiger partial charge < -0.3 is 4.74 Å². The van der Waals surface area contributed by atoms with Crippen LogP contribution in [0.1, 0.15) is 0 Å². The second-order valence-electron chi connectivity index (χ2n) is 2.14. The lowest BCUT2D eigenvalue weighted by molar-refractivity contribution is -0.140. The molecule has 0 aliphatic heterocycles. The van der Waals surface area contributed by atoms with E-state index < -0.39 is 33.7 Å². The van der Waals surface area contributed by atoms with Gasteiger partial charge in [-0.1, -0.05) is 0 Å². The van der Waals surface area contributed by atoms with Crippen LogP contribution in [0.25, 0.3) is 0 Å². The largest absolute Gasteiger partial charge is 0.468 e. The molecule has 0 bridgehead atoms. The smallest absolute Gasteiger partial charge is 0.350 e. The molecule has 1 unspecified atom stereocenters. The number of esters is 1. The molecule has 9 heteroatoms. The van der Waals surface area contributed by atoms with Crippen LogP contribution < -0.4 is 4.72 Å². The number of ether oxygens (including phenoxy) is 1. The predicted molar refractivity (Wildman–Crippen MR) is 44.6 cm³/mol. The van der Waals surface area contributed by atoms with Crippen LogP contribution in [0.4, 0.5) is 8.78 Å². The molecule has 84 valence electrons. The first kappa shape index (κ1) is 13.5. The van der Waals surface area contributed by atoms with Crippen LogP contribution in [0.5, 0.6) is 0 Å². The number of halogens is 3. The predicted octanol–water partition coefficient (Wildman–Crippen LogP) is -0.0912. The van der Waals surface area contributed by atoms with Gasteiger partial charge in [0, 0.05) is 6.54 Å². The molecular weight excluding hydrogens is 244 g/mol. The number of nitrogens with one attached hydrogen (secondary N) is 1. The van der Waals surface area contributed by atoms with Gasteiger partial charge in [0.2, 0.25) is 0 Å². The molecule has 0 spiro atoms. The fourth-order valence-corrected chi connectivity index (χ4v) is 1.25. The number of methoxy groups -OCH3 is 1. The monoisotopic (exact) mass is 251 g/mol. The number of sulfonamides is 1. The van der Waals surface area contributed by atoms with Crippen LogP contribution in [0.3, 0.4) is 0 Å². The molecule has 0 aromatic rings. The van der Waals surface area contributed by atoms with Crippen LogP contribution in [0.15, 0.2) is 0 Å². The minimum absolute atomic E-state index is 0.638. The van der Waals surface area contributed by atoms with Gasteiger partial charge in [-0.05, 0) is 0 Å². The van der Waals surface area contributed by atoms with Gasteiger partial charge in [0.1, 0.15) is 5.38 Å². The van der Waals surface area contributed by atoms with Gasteiger partial charge in [-0.15, -0.1) is 11.6 Å². The Morgan fingerprint density at radius 2 is 2.07 bits per heavy atom. The summed E-state index contributed by atoms with van der Waals surface area (Å²) in [5, 5.41) is -1.33. The summed E-state index contributed by atoms with van der Waals surface area (Å²) < 4.78 is 50.0. The molecule has 0 heterocycles. The number of carbonyl (C=O) groups is 1. The molecular formula is C5H8ClF2NO4S. The first-order valence-electron chi connectivity index (χ1n) is 3.29. The molecule has 0 saturated heterocycles. The van der Waals surface area contributed by atoms with Crippen LogP contribution in [-0.2, 0) is 19.6 Å². The maximum absolute atomic E-state index is 11.7. The van der Waals surface area contributed by atoms with E-state index in [1.165, 1.54) is 4.72 Å². The zero-order chi connectivity index (χ0) is 11.4. The lowest BCUT2D eigenvalue weighted by atomic mass is 10.4. The summed E-state index contributed by atoms with van der Waals surface area (Å²) in [5.41, 5.74) is 0. The first-order chi connectivity index (χ1) is 6.31. The molecule has 0 aromatic carbocycles. The molecule has 0 aliphatic carbocycles. The van der Waals surface area contributed by atoms with E-state index in [1.807, 2.05) is 0 Å². The molecule has 0 aromatic heterocycles. The van der Waals surface area contributed by atoms with Gasteiger partial charge in [-0.25, -0.2) is 13.1 Å². The highest BCUT2D eigenvalue weighted by atomic mass is 35.5. The maximum atomic E-state index is 11.7. The molecule has 5 nitrogen and oxygen atoms in total. The molecule has 0 aliphatic rings. The van der Waals surface area contributed by atoms with E-state index in [0.717, 1.165) is 7.11 Å². The lowest BCUT2D eigenvalue weighted by Crippen LogP contribution is -2.37. The van der Waals surface area contributed by atoms with Gasteiger partial charge in [-0.2, -0.15) is 8.78 Å². The van der Waals surface area contributed by atoms with Gasteiger partial charge >= 0.3 is 11.7 Å². The molecule has 1 N–H and O–H groups in total. The third-order valence-electron chi connectivity index (χ3n) is 1.16. The van der Waals surface area contributed by atoms with Crippen LogP contribution in [0.2, 0.25) is 0 Å². The van der Waals surface area contributed by atoms with Crippen molar-refractivity contribution in [2.24, 2.45) is 0 Å². The van der Waals surface area contributed by atoms with Gasteiger partial charge in [0.15, 0.2) is 0 Å². The SMILES string of the molecule is COC(=O)C(Cl)CNS(=O)(=O)C(F)F. The Hall–Kier alpha value is -0.470. The second-order valence-corrected chi connectivity index (χ2v) is 4.41. The topological polar surface area (TPSA) is 72.5 Å². The summed E-state index contributed by atoms with van der Waals surface area (Å²) >= 11 is 5.30. The highest BCUT2D eigenvalue weighted by molar-refractivity contribution is 7.89. The third kappa shape index (κ3) is 4.16. The van der Waals surface area contributed by atoms with Crippen molar-refractivity contribution in [1.82, 2.24) is 4.72 Å². The summed E-state index contributed by atoms with van der Waals surface area (Å²) in [5.74, 6) is -4.45. The summed E-state index contributed by atoms with van der Waals surface area (Å²) in [6.07, 6.45) is 0. The Morgan fingerprint density at radius 1 is 1.57 bits per heavy atom. The first-order valence-corrected chi connectivity index (χ1v) is 5.28. The molecule has 0 fully saturated rings. The fourth-order valence-electron chi connectivity index (χ4n) is 0.464. The number of rotatable bonds is 5. The number of carbonyl (C=O) groups excluding carboxylic acids is 1. The van der Waals surface area contributed by atoms with E-state index in [1.54, 1.807) is 0 Å². The zero-order valence-corrected chi connectivity index (χ0v) is 8.61. The zero-order valence-electron chi connectivity index (χ0n) is 7.04. The number of alkyl halides is 3. The van der Waals surface area contributed by atoms with E-state index in [2.05, 4.69) is 4.74 Å². The van der Waals surface area contributed by atoms with E-state index in [-0.39, 0.29) is 0 Å². The molecule has 0 saturated carbocycles. The fraction of sp³-hybridized carbons (Fsp3) is 0.800. The standard InChI is InChI=1S/C5H8ClF2NO4S/c1-13-4(10)3(6)2-9-14(11,12)5(7)8/h3,5,9H,2H2,1H3. The van der Waals surface area contributed by atoms with Crippen molar-refractivity contribution in [2.75, 3.05) is 13.7 Å². The highest BCUT2D eigenvalue weighted by Crippen LogP contribution is 2.03. The van der Waals surface area contributed by atoms with Crippen LogP contribution in [-0.4, -0.2) is 39.2 Å². The highest BCUT2D eigenvalue weighted by Gasteiger charge is 2.26. The van der Waals surface area contributed by atoms with Gasteiger partial charge in [0.25, 0.3) is 10.0 Å². The van der Waals surface area contributed by atoms with Crippen molar-refractivity contribution < 1.29 is 26.7 Å². The lowest BCUT2D eigenvalue weighted by Gasteiger charge is -2.08. The molecule has 1 atom stereocenters. The van der Waals surface area contributed by atoms with Crippen molar-refractivity contribution >= 4 is 27.6 Å². The summed E-state index contributed by atoms with van der Waals surface area (Å²) in [6, 6.07) is 0. The third-order valence-corrected chi connectivity index (χ3v) is 2.53. The van der Waals surface area contributed by atoms with E-state index in [4.69, 9.17) is 11.6 Å². The Morgan fingerprint density at radius 3 is 2.43 bits per heavy atom. The normalized spacial score (nSPS) is 14.1. The van der Waals surface area contributed by atoms with E-state index in [9.17, 15) is 22.0 Å². The summed E-state index contributed by atoms with van der Waals surface area (Å²) in [4.78, 5) is 10.6. The van der Waals surface area contributed by atoms with E-state index in [0.29, 0.717) is 0 Å². The molecule has 0 radical (unpaired) electrons. The van der Waals surface area contributed by atoms with Crippen molar-refractivity contribution in [3.05, 3.63) is 0 Å². The summed E-state index contributed by atoms with van der Waals surface area (Å²) in [7, 11) is -3.67. The summed E-state index contributed by atoms with van der Waals surface area (Å²) in [6.45, 7) is -0.638. The second kappa shape index (κ2) is 5.42. The quantitative estimate of drug-likeness (QED) is 0.547. The Balaban J connectivity index is 4.14. The van der Waals surface area contributed by atoms with Crippen LogP contribution >= 0.6 is 11.6 Å². The van der Waals surface area contributed by atoms with E-state index >= 15 is 0 Å². The van der Waals surface area contributed by atoms with Gasteiger partial charge in [-0.3, -0.25) is 4.79 Å². The minimum Gasteiger partial charge on any atom is -0.468 e. The van der Waals surface area contributed by atoms with Crippen molar-refractivity contribution in [3.63, 3.8) is 0 Å². The molecule has 0 rings (SSSR count). The average molecular weight is 252 g/mol. The Kier molecular flexibility index (Phi) is 5.24. The van der Waals surface area contributed by atoms with Crippen molar-refractivity contribution in [2.45, 2.75) is 11.1 Å².